The van der Waals surface area contributed by atoms with Gasteiger partial charge in [0.2, 0.25) is 0 Å². The molecule has 96 valence electrons. The Hall–Kier alpha value is -1.22. The minimum atomic E-state index is 0.704. The second-order valence-corrected chi connectivity index (χ2v) is 4.76. The largest absolute Gasteiger partial charge is 0.397 e. The fourth-order valence-corrected chi connectivity index (χ4v) is 1.60. The van der Waals surface area contributed by atoms with E-state index in [2.05, 4.69) is 32.2 Å². The number of aryl methyl sites for hydroxylation is 1. The molecule has 1 aromatic carbocycles. The lowest BCUT2D eigenvalue weighted by molar-refractivity contribution is 0.132. The van der Waals surface area contributed by atoms with Crippen LogP contribution in [0.15, 0.2) is 18.2 Å². The Morgan fingerprint density at radius 1 is 1.29 bits per heavy atom. The summed E-state index contributed by atoms with van der Waals surface area (Å²) in [6.45, 7) is 8.82. The predicted molar refractivity (Wildman–Crippen MR) is 74.4 cm³/mol. The van der Waals surface area contributed by atoms with Crippen molar-refractivity contribution in [1.82, 2.24) is 0 Å². The molecule has 3 heteroatoms. The molecule has 3 nitrogen and oxygen atoms in total. The van der Waals surface area contributed by atoms with Crippen molar-refractivity contribution in [3.8, 4) is 0 Å². The Morgan fingerprint density at radius 3 is 2.71 bits per heavy atom. The van der Waals surface area contributed by atoms with Crippen molar-refractivity contribution in [2.75, 3.05) is 30.8 Å². The van der Waals surface area contributed by atoms with E-state index < -0.39 is 0 Å². The zero-order valence-corrected chi connectivity index (χ0v) is 11.1. The van der Waals surface area contributed by atoms with Gasteiger partial charge in [-0.2, -0.15) is 0 Å². The average molecular weight is 236 g/mol. The SMILES string of the molecule is Cc1cccc(N)c1NCCOCCC(C)C. The van der Waals surface area contributed by atoms with Gasteiger partial charge in [-0.25, -0.2) is 0 Å². The van der Waals surface area contributed by atoms with Crippen LogP contribution in [0.3, 0.4) is 0 Å². The molecule has 0 aliphatic rings. The summed E-state index contributed by atoms with van der Waals surface area (Å²) in [4.78, 5) is 0. The van der Waals surface area contributed by atoms with Gasteiger partial charge in [0.05, 0.1) is 18.0 Å². The van der Waals surface area contributed by atoms with Gasteiger partial charge in [-0.15, -0.1) is 0 Å². The van der Waals surface area contributed by atoms with Crippen molar-refractivity contribution < 1.29 is 4.74 Å². The second kappa shape index (κ2) is 7.17. The van der Waals surface area contributed by atoms with E-state index in [1.54, 1.807) is 0 Å². The third-order valence-electron chi connectivity index (χ3n) is 2.69. The van der Waals surface area contributed by atoms with Gasteiger partial charge in [0.25, 0.3) is 0 Å². The van der Waals surface area contributed by atoms with E-state index in [1.165, 1.54) is 5.56 Å². The Bertz CT molecular complexity index is 317. The van der Waals surface area contributed by atoms with E-state index in [-0.39, 0.29) is 0 Å². The summed E-state index contributed by atoms with van der Waals surface area (Å²) in [5.74, 6) is 0.704. The summed E-state index contributed by atoms with van der Waals surface area (Å²) < 4.78 is 5.54. The molecule has 1 aromatic rings. The van der Waals surface area contributed by atoms with Crippen LogP contribution in [-0.4, -0.2) is 19.8 Å². The van der Waals surface area contributed by atoms with Gasteiger partial charge in [-0.3, -0.25) is 0 Å². The molecule has 0 aromatic heterocycles. The van der Waals surface area contributed by atoms with Crippen LogP contribution in [0.4, 0.5) is 11.4 Å². The van der Waals surface area contributed by atoms with Crippen LogP contribution < -0.4 is 11.1 Å². The maximum atomic E-state index is 5.90. The fourth-order valence-electron chi connectivity index (χ4n) is 1.60. The van der Waals surface area contributed by atoms with Crippen LogP contribution in [0, 0.1) is 12.8 Å². The van der Waals surface area contributed by atoms with Crippen molar-refractivity contribution in [3.63, 3.8) is 0 Å². The first-order valence-electron chi connectivity index (χ1n) is 6.28. The molecule has 0 saturated heterocycles. The molecule has 0 aliphatic carbocycles. The first-order valence-corrected chi connectivity index (χ1v) is 6.28. The van der Waals surface area contributed by atoms with Crippen LogP contribution in [0.5, 0.6) is 0 Å². The van der Waals surface area contributed by atoms with Crippen LogP contribution >= 0.6 is 0 Å². The lowest BCUT2D eigenvalue weighted by Gasteiger charge is -2.12. The number of rotatable bonds is 7. The Balaban J connectivity index is 2.22. The molecule has 0 saturated carbocycles. The normalized spacial score (nSPS) is 10.8. The number of hydrogen-bond acceptors (Lipinski definition) is 3. The molecule has 0 amide bonds. The van der Waals surface area contributed by atoms with Crippen LogP contribution in [0.25, 0.3) is 0 Å². The maximum absolute atomic E-state index is 5.90. The first-order chi connectivity index (χ1) is 8.11. The minimum Gasteiger partial charge on any atom is -0.397 e. The third kappa shape index (κ3) is 5.09. The van der Waals surface area contributed by atoms with Crippen molar-refractivity contribution in [2.24, 2.45) is 5.92 Å². The Labute approximate surface area is 104 Å². The highest BCUT2D eigenvalue weighted by atomic mass is 16.5. The number of nitrogens with one attached hydrogen (secondary N) is 1. The lowest BCUT2D eigenvalue weighted by Crippen LogP contribution is -2.12. The molecular weight excluding hydrogens is 212 g/mol. The van der Waals surface area contributed by atoms with Gasteiger partial charge in [0.15, 0.2) is 0 Å². The van der Waals surface area contributed by atoms with E-state index in [9.17, 15) is 0 Å². The number of nitrogens with two attached hydrogens (primary N) is 1. The Morgan fingerprint density at radius 2 is 2.06 bits per heavy atom. The Kier molecular flexibility index (Phi) is 5.84. The van der Waals surface area contributed by atoms with Crippen molar-refractivity contribution >= 4 is 11.4 Å². The highest BCUT2D eigenvalue weighted by Gasteiger charge is 2.01. The number of anilines is 2. The molecular formula is C14H24N2O. The average Bonchev–Trinajstić information content (AvgIpc) is 2.26. The van der Waals surface area contributed by atoms with Crippen molar-refractivity contribution in [2.45, 2.75) is 27.2 Å². The van der Waals surface area contributed by atoms with Gasteiger partial charge in [0, 0.05) is 13.2 Å². The van der Waals surface area contributed by atoms with Crippen LogP contribution in [0.2, 0.25) is 0 Å². The number of nitrogen functional groups attached to an aromatic ring is 1. The topological polar surface area (TPSA) is 47.3 Å². The zero-order chi connectivity index (χ0) is 12.7. The lowest BCUT2D eigenvalue weighted by atomic mass is 10.1. The molecule has 0 heterocycles. The summed E-state index contributed by atoms with van der Waals surface area (Å²) in [7, 11) is 0. The molecule has 17 heavy (non-hydrogen) atoms. The predicted octanol–water partition coefficient (Wildman–Crippen LogP) is 3.05. The molecule has 0 fully saturated rings. The van der Waals surface area contributed by atoms with Crippen molar-refractivity contribution in [1.29, 1.82) is 0 Å². The van der Waals surface area contributed by atoms with Crippen LogP contribution in [-0.2, 0) is 4.74 Å². The molecule has 3 N–H and O–H groups in total. The monoisotopic (exact) mass is 236 g/mol. The van der Waals surface area contributed by atoms with Gasteiger partial charge < -0.3 is 15.8 Å². The minimum absolute atomic E-state index is 0.704. The molecule has 0 unspecified atom stereocenters. The van der Waals surface area contributed by atoms with E-state index >= 15 is 0 Å². The highest BCUT2D eigenvalue weighted by Crippen LogP contribution is 2.21. The van der Waals surface area contributed by atoms with E-state index in [1.807, 2.05) is 12.1 Å². The maximum Gasteiger partial charge on any atom is 0.0639 e. The summed E-state index contributed by atoms with van der Waals surface area (Å²) in [5.41, 5.74) is 8.90. The summed E-state index contributed by atoms with van der Waals surface area (Å²) in [6, 6.07) is 5.93. The first kappa shape index (κ1) is 13.8. The number of benzene rings is 1. The summed E-state index contributed by atoms with van der Waals surface area (Å²) in [5, 5.41) is 3.32. The molecule has 0 radical (unpaired) electrons. The molecule has 0 bridgehead atoms. The second-order valence-electron chi connectivity index (χ2n) is 4.76. The standard InChI is InChI=1S/C14H24N2O/c1-11(2)7-9-17-10-8-16-14-12(3)5-4-6-13(14)15/h4-6,11,16H,7-10,15H2,1-3H3. The molecule has 0 atom stereocenters. The molecule has 0 aliphatic heterocycles. The van der Waals surface area contributed by atoms with Gasteiger partial charge >= 0.3 is 0 Å². The smallest absolute Gasteiger partial charge is 0.0639 e. The van der Waals surface area contributed by atoms with Crippen LogP contribution in [0.1, 0.15) is 25.8 Å². The number of para-hydroxylation sites is 1. The number of ether oxygens (including phenoxy) is 1. The van der Waals surface area contributed by atoms with Crippen molar-refractivity contribution in [3.05, 3.63) is 23.8 Å². The summed E-state index contributed by atoms with van der Waals surface area (Å²) >= 11 is 0. The van der Waals surface area contributed by atoms with E-state index in [0.717, 1.165) is 37.6 Å². The molecule has 1 rings (SSSR count). The summed E-state index contributed by atoms with van der Waals surface area (Å²) in [6.07, 6.45) is 1.12. The van der Waals surface area contributed by atoms with Gasteiger partial charge in [-0.05, 0) is 30.9 Å². The van der Waals surface area contributed by atoms with Gasteiger partial charge in [-0.1, -0.05) is 26.0 Å². The van der Waals surface area contributed by atoms with Gasteiger partial charge in [0.1, 0.15) is 0 Å². The van der Waals surface area contributed by atoms with E-state index in [4.69, 9.17) is 10.5 Å². The number of hydrogen-bond donors (Lipinski definition) is 2. The quantitative estimate of drug-likeness (QED) is 0.565. The zero-order valence-electron chi connectivity index (χ0n) is 11.1. The molecule has 0 spiro atoms. The third-order valence-corrected chi connectivity index (χ3v) is 2.69. The highest BCUT2D eigenvalue weighted by molar-refractivity contribution is 5.69. The fraction of sp³-hybridized carbons (Fsp3) is 0.571. The van der Waals surface area contributed by atoms with E-state index in [0.29, 0.717) is 5.92 Å².